The van der Waals surface area contributed by atoms with Crippen molar-refractivity contribution in [3.63, 3.8) is 0 Å². The Kier molecular flexibility index (Phi) is 4.98. The summed E-state index contributed by atoms with van der Waals surface area (Å²) in [5.41, 5.74) is 1.84. The summed E-state index contributed by atoms with van der Waals surface area (Å²) in [4.78, 5) is 15.1. The van der Waals surface area contributed by atoms with E-state index in [0.29, 0.717) is 23.4 Å². The van der Waals surface area contributed by atoms with Crippen LogP contribution in [0.25, 0.3) is 11.0 Å². The summed E-state index contributed by atoms with van der Waals surface area (Å²) in [5, 5.41) is 0.713. The molecule has 4 nitrogen and oxygen atoms in total. The van der Waals surface area contributed by atoms with Gasteiger partial charge in [-0.05, 0) is 63.1 Å². The molecule has 4 rings (SSSR count). The van der Waals surface area contributed by atoms with Crippen molar-refractivity contribution in [2.75, 3.05) is 19.6 Å². The maximum atomic E-state index is 12.5. The van der Waals surface area contributed by atoms with Crippen LogP contribution in [0, 0.1) is 18.8 Å². The topological polar surface area (TPSA) is 38.4 Å². The number of hydrogen-bond donors (Lipinski definition) is 0. The number of likely N-dealkylation sites (tertiary alicyclic amines) is 1. The van der Waals surface area contributed by atoms with Crippen molar-refractivity contribution < 1.29 is 4.52 Å². The molecule has 1 aliphatic carbocycles. The number of benzene rings is 1. The average molecular weight is 342 g/mol. The van der Waals surface area contributed by atoms with Crippen LogP contribution in [0.2, 0.25) is 0 Å². The Morgan fingerprint density at radius 1 is 1.12 bits per heavy atom. The van der Waals surface area contributed by atoms with Gasteiger partial charge in [0.2, 0.25) is 0 Å². The van der Waals surface area contributed by atoms with Gasteiger partial charge >= 0.3 is 0 Å². The van der Waals surface area contributed by atoms with Gasteiger partial charge < -0.3 is 9.42 Å². The van der Waals surface area contributed by atoms with Crippen LogP contribution in [0.5, 0.6) is 0 Å². The molecule has 2 aromatic rings. The fourth-order valence-corrected chi connectivity index (χ4v) is 4.68. The van der Waals surface area contributed by atoms with E-state index in [1.807, 2.05) is 25.1 Å². The molecule has 1 saturated carbocycles. The van der Waals surface area contributed by atoms with E-state index in [4.69, 9.17) is 4.52 Å². The molecule has 1 saturated heterocycles. The zero-order chi connectivity index (χ0) is 17.2. The number of nitrogens with zero attached hydrogens (tertiary/aromatic N) is 2. The SMILES string of the molecule is Cc1ccc2on(CCC3CCN(CC4CCCCC4)C3)c(=O)c2c1. The number of fused-ring (bicyclic) bond motifs is 1. The predicted molar refractivity (Wildman–Crippen MR) is 101 cm³/mol. The van der Waals surface area contributed by atoms with Crippen LogP contribution < -0.4 is 5.56 Å². The zero-order valence-electron chi connectivity index (χ0n) is 15.4. The molecule has 0 bridgehead atoms. The van der Waals surface area contributed by atoms with Gasteiger partial charge in [-0.2, -0.15) is 4.74 Å². The van der Waals surface area contributed by atoms with E-state index < -0.39 is 0 Å². The Balaban J connectivity index is 1.31. The Bertz CT molecular complexity index is 770. The number of aromatic nitrogens is 1. The number of rotatable bonds is 5. The van der Waals surface area contributed by atoms with Crippen LogP contribution in [0.15, 0.2) is 27.5 Å². The fraction of sp³-hybridized carbons (Fsp3) is 0.667. The highest BCUT2D eigenvalue weighted by atomic mass is 16.5. The quantitative estimate of drug-likeness (QED) is 0.817. The monoisotopic (exact) mass is 342 g/mol. The summed E-state index contributed by atoms with van der Waals surface area (Å²) >= 11 is 0. The minimum Gasteiger partial charge on any atom is -0.376 e. The van der Waals surface area contributed by atoms with Crippen molar-refractivity contribution in [2.24, 2.45) is 11.8 Å². The van der Waals surface area contributed by atoms with Crippen LogP contribution in [-0.2, 0) is 6.54 Å². The lowest BCUT2D eigenvalue weighted by Crippen LogP contribution is -2.29. The van der Waals surface area contributed by atoms with Gasteiger partial charge in [0, 0.05) is 13.1 Å². The van der Waals surface area contributed by atoms with Gasteiger partial charge in [0.1, 0.15) is 0 Å². The number of hydrogen-bond acceptors (Lipinski definition) is 3. The van der Waals surface area contributed by atoms with Gasteiger partial charge in [-0.3, -0.25) is 4.79 Å². The summed E-state index contributed by atoms with van der Waals surface area (Å²) in [6.07, 6.45) is 9.45. The van der Waals surface area contributed by atoms with E-state index in [0.717, 1.165) is 17.9 Å². The molecule has 1 aliphatic heterocycles. The van der Waals surface area contributed by atoms with Gasteiger partial charge in [-0.25, -0.2) is 0 Å². The van der Waals surface area contributed by atoms with Crippen molar-refractivity contribution in [3.8, 4) is 0 Å². The van der Waals surface area contributed by atoms with Crippen LogP contribution in [0.4, 0.5) is 0 Å². The average Bonchev–Trinajstić information content (AvgIpc) is 3.19. The lowest BCUT2D eigenvalue weighted by atomic mass is 9.89. The molecule has 0 N–H and O–H groups in total. The van der Waals surface area contributed by atoms with Gasteiger partial charge in [0.15, 0.2) is 5.58 Å². The lowest BCUT2D eigenvalue weighted by Gasteiger charge is -2.26. The maximum absolute atomic E-state index is 12.5. The summed E-state index contributed by atoms with van der Waals surface area (Å²) in [6.45, 7) is 6.44. The Morgan fingerprint density at radius 2 is 1.96 bits per heavy atom. The Hall–Kier alpha value is -1.55. The Morgan fingerprint density at radius 3 is 2.80 bits per heavy atom. The van der Waals surface area contributed by atoms with Crippen molar-refractivity contribution in [2.45, 2.75) is 58.4 Å². The first-order chi connectivity index (χ1) is 12.2. The second kappa shape index (κ2) is 7.36. The third kappa shape index (κ3) is 3.84. The molecule has 2 fully saturated rings. The van der Waals surface area contributed by atoms with E-state index in [9.17, 15) is 4.79 Å². The van der Waals surface area contributed by atoms with Crippen LogP contribution >= 0.6 is 0 Å². The second-order valence-corrected chi connectivity index (χ2v) is 8.21. The molecule has 1 aromatic heterocycles. The van der Waals surface area contributed by atoms with Crippen molar-refractivity contribution in [1.29, 1.82) is 0 Å². The lowest BCUT2D eigenvalue weighted by molar-refractivity contribution is 0.220. The third-order valence-electron chi connectivity index (χ3n) is 6.15. The first kappa shape index (κ1) is 16.9. The van der Waals surface area contributed by atoms with Crippen LogP contribution in [-0.4, -0.2) is 29.3 Å². The molecule has 136 valence electrons. The van der Waals surface area contributed by atoms with E-state index >= 15 is 0 Å². The summed E-state index contributed by atoms with van der Waals surface area (Å²) in [5.74, 6) is 1.62. The van der Waals surface area contributed by atoms with Gasteiger partial charge in [0.05, 0.1) is 11.9 Å². The molecule has 1 atom stereocenters. The summed E-state index contributed by atoms with van der Waals surface area (Å²) < 4.78 is 7.32. The van der Waals surface area contributed by atoms with Crippen LogP contribution in [0.3, 0.4) is 0 Å². The number of aryl methyl sites for hydroxylation is 2. The molecule has 25 heavy (non-hydrogen) atoms. The molecule has 0 radical (unpaired) electrons. The highest BCUT2D eigenvalue weighted by Crippen LogP contribution is 2.27. The maximum Gasteiger partial charge on any atom is 0.290 e. The minimum atomic E-state index is 0.0239. The first-order valence-corrected chi connectivity index (χ1v) is 10.0. The molecule has 2 heterocycles. The van der Waals surface area contributed by atoms with Gasteiger partial charge in [-0.15, -0.1) is 0 Å². The van der Waals surface area contributed by atoms with E-state index in [1.54, 1.807) is 4.74 Å². The van der Waals surface area contributed by atoms with Crippen molar-refractivity contribution in [3.05, 3.63) is 34.1 Å². The van der Waals surface area contributed by atoms with Crippen molar-refractivity contribution >= 4 is 11.0 Å². The minimum absolute atomic E-state index is 0.0239. The van der Waals surface area contributed by atoms with E-state index in [1.165, 1.54) is 58.2 Å². The molecular weight excluding hydrogens is 312 g/mol. The molecule has 2 aliphatic rings. The molecular formula is C21H30N2O2. The van der Waals surface area contributed by atoms with Crippen molar-refractivity contribution in [1.82, 2.24) is 9.64 Å². The molecule has 1 unspecified atom stereocenters. The second-order valence-electron chi connectivity index (χ2n) is 8.21. The summed E-state index contributed by atoms with van der Waals surface area (Å²) in [6, 6.07) is 5.83. The standard InChI is InChI=1S/C21H30N2O2/c1-16-7-8-20-19(13-16)21(24)23(25-20)12-10-18-9-11-22(15-18)14-17-5-3-2-4-6-17/h7-8,13,17-18H,2-6,9-12,14-15H2,1H3. The molecule has 1 aromatic carbocycles. The smallest absolute Gasteiger partial charge is 0.290 e. The highest BCUT2D eigenvalue weighted by Gasteiger charge is 2.25. The Labute approximate surface area is 149 Å². The predicted octanol–water partition coefficient (Wildman–Crippen LogP) is 4.20. The van der Waals surface area contributed by atoms with E-state index in [-0.39, 0.29) is 5.56 Å². The fourth-order valence-electron chi connectivity index (χ4n) is 4.68. The van der Waals surface area contributed by atoms with Crippen LogP contribution in [0.1, 0.15) is 50.5 Å². The normalized spacial score (nSPS) is 22.8. The first-order valence-electron chi connectivity index (χ1n) is 10.0. The largest absolute Gasteiger partial charge is 0.376 e. The zero-order valence-corrected chi connectivity index (χ0v) is 15.4. The molecule has 4 heteroatoms. The van der Waals surface area contributed by atoms with Gasteiger partial charge in [0.25, 0.3) is 5.56 Å². The summed E-state index contributed by atoms with van der Waals surface area (Å²) in [7, 11) is 0. The molecule has 0 spiro atoms. The molecule has 0 amide bonds. The van der Waals surface area contributed by atoms with E-state index in [2.05, 4.69) is 4.90 Å². The van der Waals surface area contributed by atoms with Gasteiger partial charge in [-0.1, -0.05) is 30.9 Å². The highest BCUT2D eigenvalue weighted by molar-refractivity contribution is 5.76. The third-order valence-corrected chi connectivity index (χ3v) is 6.15.